The maximum atomic E-state index is 2.54. The SMILES string of the molecule is c1ccc(-c2ccccc2N(Cc2ccccc2-c2cccc(-n3c4ccccc4c4c5ccccc5ccc43)c2)c2ccc(-c3ccc4ccccc4c3)c3ccccc23)cc1. The van der Waals surface area contributed by atoms with Gasteiger partial charge in [0.2, 0.25) is 0 Å². The van der Waals surface area contributed by atoms with E-state index in [1.54, 1.807) is 0 Å². The summed E-state index contributed by atoms with van der Waals surface area (Å²) in [4.78, 5) is 2.54. The van der Waals surface area contributed by atoms with Crippen LogP contribution in [0.15, 0.2) is 243 Å². The highest BCUT2D eigenvalue weighted by Gasteiger charge is 2.21. The van der Waals surface area contributed by atoms with Crippen molar-refractivity contribution in [2.24, 2.45) is 0 Å². The van der Waals surface area contributed by atoms with Crippen molar-refractivity contribution < 1.29 is 0 Å². The zero-order valence-corrected chi connectivity index (χ0v) is 34.7. The Kier molecular flexibility index (Phi) is 8.93. The molecule has 2 heteroatoms. The fourth-order valence-electron chi connectivity index (χ4n) is 9.94. The Morgan fingerprint density at radius 1 is 0.317 bits per heavy atom. The van der Waals surface area contributed by atoms with Gasteiger partial charge in [0.05, 0.1) is 11.0 Å². The molecule has 1 heterocycles. The molecule has 0 saturated carbocycles. The van der Waals surface area contributed by atoms with Gasteiger partial charge in [-0.25, -0.2) is 0 Å². The first-order valence-electron chi connectivity index (χ1n) is 21.8. The highest BCUT2D eigenvalue weighted by molar-refractivity contribution is 6.21. The van der Waals surface area contributed by atoms with E-state index in [9.17, 15) is 0 Å². The summed E-state index contributed by atoms with van der Waals surface area (Å²) in [7, 11) is 0. The Bertz CT molecular complexity index is 3670. The molecule has 0 spiro atoms. The second-order valence-electron chi connectivity index (χ2n) is 16.4. The fourth-order valence-corrected chi connectivity index (χ4v) is 9.94. The summed E-state index contributed by atoms with van der Waals surface area (Å²) in [5, 5.41) is 10.0. The van der Waals surface area contributed by atoms with Crippen LogP contribution in [0.1, 0.15) is 5.56 Å². The molecule has 12 rings (SSSR count). The molecular formula is C61H42N2. The second kappa shape index (κ2) is 15.4. The average Bonchev–Trinajstić information content (AvgIpc) is 3.71. The monoisotopic (exact) mass is 802 g/mol. The van der Waals surface area contributed by atoms with Gasteiger partial charge in [0.1, 0.15) is 0 Å². The van der Waals surface area contributed by atoms with Gasteiger partial charge < -0.3 is 9.47 Å². The minimum atomic E-state index is 0.658. The van der Waals surface area contributed by atoms with Crippen LogP contribution < -0.4 is 4.90 Å². The van der Waals surface area contributed by atoms with E-state index < -0.39 is 0 Å². The Labute approximate surface area is 367 Å². The third-order valence-corrected chi connectivity index (χ3v) is 12.9. The number of benzene rings is 11. The molecule has 0 N–H and O–H groups in total. The molecule has 0 amide bonds. The number of fused-ring (bicyclic) bond motifs is 7. The van der Waals surface area contributed by atoms with E-state index in [-0.39, 0.29) is 0 Å². The summed E-state index contributed by atoms with van der Waals surface area (Å²) >= 11 is 0. The first-order valence-corrected chi connectivity index (χ1v) is 21.8. The maximum absolute atomic E-state index is 2.54. The summed E-state index contributed by atoms with van der Waals surface area (Å²) in [6.07, 6.45) is 0. The number of nitrogens with zero attached hydrogens (tertiary/aromatic N) is 2. The van der Waals surface area contributed by atoms with Gasteiger partial charge in [-0.3, -0.25) is 0 Å². The molecule has 0 radical (unpaired) electrons. The molecule has 0 bridgehead atoms. The summed E-state index contributed by atoms with van der Waals surface area (Å²) in [6.45, 7) is 0.658. The van der Waals surface area contributed by atoms with E-state index in [1.165, 1.54) is 98.8 Å². The molecule has 11 aromatic carbocycles. The van der Waals surface area contributed by atoms with E-state index in [0.717, 1.165) is 11.4 Å². The Morgan fingerprint density at radius 2 is 0.952 bits per heavy atom. The van der Waals surface area contributed by atoms with Gasteiger partial charge in [0.25, 0.3) is 0 Å². The van der Waals surface area contributed by atoms with E-state index in [4.69, 9.17) is 0 Å². The van der Waals surface area contributed by atoms with Crippen LogP contribution in [0.2, 0.25) is 0 Å². The van der Waals surface area contributed by atoms with Crippen molar-refractivity contribution >= 4 is 65.5 Å². The lowest BCUT2D eigenvalue weighted by Crippen LogP contribution is -2.18. The fraction of sp³-hybridized carbons (Fsp3) is 0.0164. The Morgan fingerprint density at radius 3 is 1.83 bits per heavy atom. The van der Waals surface area contributed by atoms with Gasteiger partial charge in [-0.1, -0.05) is 200 Å². The molecule has 2 nitrogen and oxygen atoms in total. The highest BCUT2D eigenvalue weighted by Crippen LogP contribution is 2.44. The lowest BCUT2D eigenvalue weighted by atomic mass is 9.93. The number of aromatic nitrogens is 1. The summed E-state index contributed by atoms with van der Waals surface area (Å²) < 4.78 is 2.44. The Hall–Kier alpha value is -8.20. The smallest absolute Gasteiger partial charge is 0.0547 e. The van der Waals surface area contributed by atoms with E-state index in [0.29, 0.717) is 6.54 Å². The lowest BCUT2D eigenvalue weighted by molar-refractivity contribution is 0.983. The predicted molar refractivity (Wildman–Crippen MR) is 268 cm³/mol. The Balaban J connectivity index is 1.02. The van der Waals surface area contributed by atoms with Crippen LogP contribution in [0.5, 0.6) is 0 Å². The normalized spacial score (nSPS) is 11.6. The molecule has 0 aliphatic carbocycles. The predicted octanol–water partition coefficient (Wildman–Crippen LogP) is 16.6. The maximum Gasteiger partial charge on any atom is 0.0547 e. The first-order chi connectivity index (χ1) is 31.3. The number of hydrogen-bond donors (Lipinski definition) is 0. The van der Waals surface area contributed by atoms with Gasteiger partial charge in [-0.05, 0) is 103 Å². The van der Waals surface area contributed by atoms with Gasteiger partial charge in [0.15, 0.2) is 0 Å². The number of hydrogen-bond acceptors (Lipinski definition) is 1. The van der Waals surface area contributed by atoms with Crippen molar-refractivity contribution in [2.75, 3.05) is 4.90 Å². The number of para-hydroxylation sites is 2. The second-order valence-corrected chi connectivity index (χ2v) is 16.4. The van der Waals surface area contributed by atoms with E-state index in [1.807, 2.05) is 0 Å². The number of anilines is 2. The molecule has 296 valence electrons. The van der Waals surface area contributed by atoms with E-state index >= 15 is 0 Å². The highest BCUT2D eigenvalue weighted by atomic mass is 15.1. The van der Waals surface area contributed by atoms with Crippen LogP contribution in [0.4, 0.5) is 11.4 Å². The molecule has 0 unspecified atom stereocenters. The third-order valence-electron chi connectivity index (χ3n) is 12.9. The summed E-state index contributed by atoms with van der Waals surface area (Å²) in [5.41, 5.74) is 14.4. The minimum Gasteiger partial charge on any atom is -0.336 e. The summed E-state index contributed by atoms with van der Waals surface area (Å²) in [5.74, 6) is 0. The van der Waals surface area contributed by atoms with Crippen LogP contribution >= 0.6 is 0 Å². The zero-order valence-electron chi connectivity index (χ0n) is 34.7. The van der Waals surface area contributed by atoms with Gasteiger partial charge in [-0.15, -0.1) is 0 Å². The molecule has 1 aromatic heterocycles. The van der Waals surface area contributed by atoms with E-state index in [2.05, 4.69) is 252 Å². The summed E-state index contributed by atoms with van der Waals surface area (Å²) in [6, 6.07) is 88.8. The van der Waals surface area contributed by atoms with Crippen molar-refractivity contribution in [1.82, 2.24) is 4.57 Å². The number of rotatable bonds is 8. The average molecular weight is 803 g/mol. The van der Waals surface area contributed by atoms with Gasteiger partial charge in [0, 0.05) is 45.3 Å². The quantitative estimate of drug-likeness (QED) is 0.149. The van der Waals surface area contributed by atoms with Crippen molar-refractivity contribution in [1.29, 1.82) is 0 Å². The first kappa shape index (κ1) is 36.6. The topological polar surface area (TPSA) is 8.17 Å². The standard InChI is InChI=1S/C61H42N2/c1-2-18-43(19-3-1)52-26-12-14-31-57(52)62(58-38-36-51(54-28-10-11-29-55(54)58)47-34-33-42-17-4-5-21-45(42)39-47)41-48-22-7-8-25-50(48)46-23-16-24-49(40-46)63-59-32-15-13-30-56(59)61-53-27-9-6-20-44(53)35-37-60(61)63/h1-40H,41H2. The van der Waals surface area contributed by atoms with Gasteiger partial charge >= 0.3 is 0 Å². The lowest BCUT2D eigenvalue weighted by Gasteiger charge is -2.30. The molecule has 0 fully saturated rings. The zero-order chi connectivity index (χ0) is 41.7. The van der Waals surface area contributed by atoms with Crippen molar-refractivity contribution in [2.45, 2.75) is 6.54 Å². The van der Waals surface area contributed by atoms with Crippen molar-refractivity contribution in [3.63, 3.8) is 0 Å². The molecule has 63 heavy (non-hydrogen) atoms. The van der Waals surface area contributed by atoms with Crippen LogP contribution in [0.3, 0.4) is 0 Å². The van der Waals surface area contributed by atoms with Crippen LogP contribution in [0, 0.1) is 0 Å². The minimum absolute atomic E-state index is 0.658. The third kappa shape index (κ3) is 6.35. The molecule has 0 aliphatic heterocycles. The van der Waals surface area contributed by atoms with Crippen molar-refractivity contribution in [3.05, 3.63) is 248 Å². The molecule has 12 aromatic rings. The largest absolute Gasteiger partial charge is 0.336 e. The van der Waals surface area contributed by atoms with Crippen LogP contribution in [0.25, 0.3) is 93.2 Å². The molecule has 0 saturated heterocycles. The van der Waals surface area contributed by atoms with Crippen molar-refractivity contribution in [3.8, 4) is 39.1 Å². The van der Waals surface area contributed by atoms with Crippen LogP contribution in [-0.4, -0.2) is 4.57 Å². The molecular weight excluding hydrogens is 761 g/mol. The van der Waals surface area contributed by atoms with Crippen LogP contribution in [-0.2, 0) is 6.54 Å². The van der Waals surface area contributed by atoms with Gasteiger partial charge in [-0.2, -0.15) is 0 Å². The molecule has 0 aliphatic rings. The molecule has 0 atom stereocenters.